The number of rotatable bonds is 8. The molecule has 0 radical (unpaired) electrons. The number of hydrogen-bond acceptors (Lipinski definition) is 7. The van der Waals surface area contributed by atoms with Crippen molar-refractivity contribution in [1.29, 1.82) is 0 Å². The van der Waals surface area contributed by atoms with E-state index in [2.05, 4.69) is 10.3 Å². The second-order valence-corrected chi connectivity index (χ2v) is 10.1. The Morgan fingerprint density at radius 2 is 1.78 bits per heavy atom. The molecule has 2 N–H and O–H groups in total. The summed E-state index contributed by atoms with van der Waals surface area (Å²) in [4.78, 5) is 63.4. The minimum absolute atomic E-state index is 0. The molecule has 0 saturated heterocycles. The second kappa shape index (κ2) is 14.4. The number of benzene rings is 1. The van der Waals surface area contributed by atoms with Crippen LogP contribution in [0.15, 0.2) is 28.3 Å². The summed E-state index contributed by atoms with van der Waals surface area (Å²) in [5.74, 6) is -4.48. The predicted octanol–water partition coefficient (Wildman–Crippen LogP) is -0.118. The van der Waals surface area contributed by atoms with E-state index >= 15 is 0 Å². The van der Waals surface area contributed by atoms with Crippen molar-refractivity contribution in [2.24, 2.45) is 16.3 Å². The molecule has 1 aromatic rings. The van der Waals surface area contributed by atoms with E-state index < -0.39 is 53.5 Å². The number of carboxylic acid groups (broad SMARTS) is 1. The zero-order valence-corrected chi connectivity index (χ0v) is 26.1. The van der Waals surface area contributed by atoms with Crippen LogP contribution in [0.1, 0.15) is 65.7 Å². The number of aliphatic imine (C=N–C) groups is 1. The Morgan fingerprint density at radius 1 is 1.20 bits per heavy atom. The zero-order valence-electron chi connectivity index (χ0n) is 23.3. The van der Waals surface area contributed by atoms with Crippen LogP contribution in [0.4, 0.5) is 10.1 Å². The van der Waals surface area contributed by atoms with Crippen molar-refractivity contribution in [3.05, 3.63) is 34.1 Å². The summed E-state index contributed by atoms with van der Waals surface area (Å²) in [7, 11) is 0. The SMILES string of the molecule is CCCC(C)C1(CC)C(=O)N=C([O-])NC1=O.O=C(O)COc1cc(N2C(=O)C3=C(CCCC3)C2=O)c(F)cc1Cl.[Na+]. The number of imide groups is 1. The molecule has 1 aliphatic carbocycles. The number of halogens is 2. The van der Waals surface area contributed by atoms with Gasteiger partial charge in [0.1, 0.15) is 17.0 Å². The summed E-state index contributed by atoms with van der Waals surface area (Å²) >= 11 is 5.83. The summed E-state index contributed by atoms with van der Waals surface area (Å²) in [6.07, 6.45) is 4.62. The Hall–Kier alpha value is -2.80. The number of amidine groups is 1. The number of anilines is 1. The fraction of sp³-hybridized carbons (Fsp3) is 0.481. The smallest absolute Gasteiger partial charge is 0.846 e. The van der Waals surface area contributed by atoms with E-state index in [4.69, 9.17) is 21.4 Å². The van der Waals surface area contributed by atoms with Gasteiger partial charge in [-0.3, -0.25) is 19.2 Å². The number of carbonyl (C=O) groups is 5. The fourth-order valence-electron chi connectivity index (χ4n) is 5.20. The molecule has 0 saturated carbocycles. The molecule has 4 amide bonds. The van der Waals surface area contributed by atoms with E-state index in [0.29, 0.717) is 30.4 Å². The van der Waals surface area contributed by atoms with Crippen LogP contribution in [0.3, 0.4) is 0 Å². The molecule has 2 unspecified atom stereocenters. The summed E-state index contributed by atoms with van der Waals surface area (Å²) in [6.45, 7) is 4.94. The van der Waals surface area contributed by atoms with Crippen molar-refractivity contribution in [2.45, 2.75) is 65.7 Å². The molecule has 1 aromatic carbocycles. The van der Waals surface area contributed by atoms with Crippen molar-refractivity contribution in [3.63, 3.8) is 0 Å². The van der Waals surface area contributed by atoms with Gasteiger partial charge in [-0.25, -0.2) is 19.1 Å². The van der Waals surface area contributed by atoms with Gasteiger partial charge in [-0.2, -0.15) is 0 Å². The molecule has 3 aliphatic rings. The Labute approximate surface area is 263 Å². The average Bonchev–Trinajstić information content (AvgIpc) is 3.14. The van der Waals surface area contributed by atoms with Gasteiger partial charge < -0.3 is 20.3 Å². The topological polar surface area (TPSA) is 166 Å². The Bertz CT molecular complexity index is 1290. The van der Waals surface area contributed by atoms with E-state index in [0.717, 1.165) is 42.7 Å². The monoisotopic (exact) mass is 601 g/mol. The van der Waals surface area contributed by atoms with Gasteiger partial charge in [-0.05, 0) is 50.5 Å². The van der Waals surface area contributed by atoms with Gasteiger partial charge in [-0.1, -0.05) is 38.8 Å². The van der Waals surface area contributed by atoms with E-state index in [1.165, 1.54) is 0 Å². The number of carboxylic acids is 1. The van der Waals surface area contributed by atoms with Crippen molar-refractivity contribution in [3.8, 4) is 5.75 Å². The summed E-state index contributed by atoms with van der Waals surface area (Å²) in [6, 6.07) is 1.13. The van der Waals surface area contributed by atoms with Crippen LogP contribution in [0, 0.1) is 17.2 Å². The molecule has 2 aliphatic heterocycles. The van der Waals surface area contributed by atoms with Crippen LogP contribution >= 0.6 is 11.6 Å². The molecule has 0 aromatic heterocycles. The largest absolute Gasteiger partial charge is 1.00 e. The normalized spacial score (nSPS) is 20.8. The van der Waals surface area contributed by atoms with Gasteiger partial charge in [0.25, 0.3) is 17.7 Å². The average molecular weight is 602 g/mol. The number of ether oxygens (including phenoxy) is 1. The third kappa shape index (κ3) is 6.99. The molecule has 0 fully saturated rings. The van der Waals surface area contributed by atoms with Gasteiger partial charge >= 0.3 is 35.5 Å². The predicted molar refractivity (Wildman–Crippen MR) is 140 cm³/mol. The molecule has 41 heavy (non-hydrogen) atoms. The number of hydrogen-bond donors (Lipinski definition) is 2. The fourth-order valence-corrected chi connectivity index (χ4v) is 5.40. The Balaban J connectivity index is 0.000000304. The Morgan fingerprint density at radius 3 is 2.27 bits per heavy atom. The van der Waals surface area contributed by atoms with Crippen molar-refractivity contribution >= 4 is 52.9 Å². The second-order valence-electron chi connectivity index (χ2n) is 9.72. The summed E-state index contributed by atoms with van der Waals surface area (Å²) in [5.41, 5.74) is -0.587. The van der Waals surface area contributed by atoms with E-state index in [-0.39, 0.29) is 51.9 Å². The molecular weight excluding hydrogens is 572 g/mol. The van der Waals surface area contributed by atoms with Crippen molar-refractivity contribution in [2.75, 3.05) is 11.5 Å². The number of nitrogens with one attached hydrogen (secondary N) is 1. The summed E-state index contributed by atoms with van der Waals surface area (Å²) < 4.78 is 19.3. The molecule has 216 valence electrons. The van der Waals surface area contributed by atoms with E-state index in [1.807, 2.05) is 13.8 Å². The van der Waals surface area contributed by atoms with E-state index in [9.17, 15) is 33.5 Å². The summed E-state index contributed by atoms with van der Waals surface area (Å²) in [5, 5.41) is 21.6. The van der Waals surface area contributed by atoms with Crippen LogP contribution in [0.2, 0.25) is 5.02 Å². The molecule has 2 atom stereocenters. The molecular formula is C27H30ClFN3NaO8. The molecule has 0 bridgehead atoms. The standard InChI is InChI=1S/C16H13ClFNO5.C11H18N2O3.Na/c17-10-5-11(18)12(6-13(10)24-7-14(20)21)19-15(22)8-3-1-2-4-9(8)16(19)23;1-4-6-7(3)11(5-2)8(14)12-10(16)13-9(11)15;/h5-6H,1-4,7H2,(H,20,21);7H,4-6H2,1-3H3,(H2,12,13,14,15,16);/q;;+1/p-1. The van der Waals surface area contributed by atoms with Gasteiger partial charge in [-0.15, -0.1) is 0 Å². The molecule has 2 heterocycles. The van der Waals surface area contributed by atoms with Crippen LogP contribution in [-0.2, 0) is 24.0 Å². The first-order valence-electron chi connectivity index (χ1n) is 12.9. The maximum Gasteiger partial charge on any atom is 1.00 e. The minimum Gasteiger partial charge on any atom is -0.846 e. The quantitative estimate of drug-likeness (QED) is 0.236. The number of aliphatic carboxylic acids is 1. The van der Waals surface area contributed by atoms with Crippen molar-refractivity contribution in [1.82, 2.24) is 5.32 Å². The van der Waals surface area contributed by atoms with Gasteiger partial charge in [0, 0.05) is 17.2 Å². The third-order valence-electron chi connectivity index (χ3n) is 7.31. The van der Waals surface area contributed by atoms with Crippen LogP contribution in [0.5, 0.6) is 5.75 Å². The zero-order chi connectivity index (χ0) is 29.8. The van der Waals surface area contributed by atoms with Crippen LogP contribution < -0.4 is 49.6 Å². The molecule has 11 nitrogen and oxygen atoms in total. The van der Waals surface area contributed by atoms with Crippen LogP contribution in [0.25, 0.3) is 0 Å². The van der Waals surface area contributed by atoms with Gasteiger partial charge in [0.05, 0.1) is 16.7 Å². The molecule has 0 spiro atoms. The first kappa shape index (κ1) is 34.4. The maximum absolute atomic E-state index is 14.3. The van der Waals surface area contributed by atoms with Gasteiger partial charge in [0.2, 0.25) is 5.91 Å². The van der Waals surface area contributed by atoms with Crippen molar-refractivity contribution < 1.29 is 72.9 Å². The third-order valence-corrected chi connectivity index (χ3v) is 7.61. The minimum atomic E-state index is -1.23. The number of amides is 4. The molecule has 14 heteroatoms. The number of nitrogens with zero attached hydrogens (tertiary/aromatic N) is 2. The maximum atomic E-state index is 14.3. The Kier molecular flexibility index (Phi) is 12.1. The van der Waals surface area contributed by atoms with Gasteiger partial charge in [0.15, 0.2) is 6.61 Å². The first-order valence-corrected chi connectivity index (χ1v) is 13.3. The first-order chi connectivity index (χ1) is 18.9. The van der Waals surface area contributed by atoms with E-state index in [1.54, 1.807) is 6.92 Å². The molecule has 4 rings (SSSR count). The number of carbonyl (C=O) groups excluding carboxylic acids is 4. The van der Waals surface area contributed by atoms with Crippen LogP contribution in [-0.4, -0.2) is 47.3 Å².